The van der Waals surface area contributed by atoms with Crippen molar-refractivity contribution >= 4 is 36.2 Å². The van der Waals surface area contributed by atoms with E-state index in [2.05, 4.69) is 17.1 Å². The van der Waals surface area contributed by atoms with Crippen molar-refractivity contribution < 1.29 is 0 Å². The number of nitrogens with zero attached hydrogens (tertiary/aromatic N) is 1. The number of hydrogen-bond acceptors (Lipinski definition) is 3. The number of halogens is 2. The lowest BCUT2D eigenvalue weighted by Crippen LogP contribution is -2.01. The van der Waals surface area contributed by atoms with E-state index in [9.17, 15) is 0 Å². The molecule has 0 radical (unpaired) electrons. The van der Waals surface area contributed by atoms with Crippen molar-refractivity contribution in [3.05, 3.63) is 41.4 Å². The molecule has 16 heavy (non-hydrogen) atoms. The van der Waals surface area contributed by atoms with Crippen LogP contribution in [0.5, 0.6) is 0 Å². The average molecular weight is 277 g/mol. The molecule has 0 amide bonds. The SMILES string of the molecule is CC(N)c1cnc(-c2ccccc2)s1.Cl.Cl. The van der Waals surface area contributed by atoms with Gasteiger partial charge in [-0.3, -0.25) is 0 Å². The summed E-state index contributed by atoms with van der Waals surface area (Å²) in [6.45, 7) is 1.97. The Morgan fingerprint density at radius 1 is 1.19 bits per heavy atom. The summed E-state index contributed by atoms with van der Waals surface area (Å²) in [7, 11) is 0. The number of thiazole rings is 1. The second-order valence-electron chi connectivity index (χ2n) is 3.22. The minimum Gasteiger partial charge on any atom is -0.323 e. The zero-order chi connectivity index (χ0) is 9.97. The minimum absolute atomic E-state index is 0. The van der Waals surface area contributed by atoms with E-state index in [4.69, 9.17) is 5.73 Å². The normalized spacial score (nSPS) is 11.1. The van der Waals surface area contributed by atoms with Crippen molar-refractivity contribution in [3.8, 4) is 10.6 Å². The van der Waals surface area contributed by atoms with Gasteiger partial charge in [-0.15, -0.1) is 36.2 Å². The highest BCUT2D eigenvalue weighted by Gasteiger charge is 2.06. The fraction of sp³-hybridized carbons (Fsp3) is 0.182. The molecule has 0 bridgehead atoms. The maximum atomic E-state index is 5.78. The van der Waals surface area contributed by atoms with E-state index in [1.54, 1.807) is 11.3 Å². The van der Waals surface area contributed by atoms with Crippen LogP contribution in [0, 0.1) is 0 Å². The van der Waals surface area contributed by atoms with Crippen molar-refractivity contribution in [1.82, 2.24) is 4.98 Å². The molecule has 0 saturated carbocycles. The van der Waals surface area contributed by atoms with Gasteiger partial charge in [0, 0.05) is 22.7 Å². The maximum Gasteiger partial charge on any atom is 0.123 e. The molecule has 1 aromatic heterocycles. The van der Waals surface area contributed by atoms with Crippen molar-refractivity contribution in [2.45, 2.75) is 13.0 Å². The lowest BCUT2D eigenvalue weighted by molar-refractivity contribution is 0.835. The van der Waals surface area contributed by atoms with E-state index in [0.717, 1.165) is 15.4 Å². The Morgan fingerprint density at radius 2 is 1.81 bits per heavy atom. The molecular weight excluding hydrogens is 263 g/mol. The number of benzene rings is 1. The number of rotatable bonds is 2. The van der Waals surface area contributed by atoms with E-state index in [-0.39, 0.29) is 30.9 Å². The van der Waals surface area contributed by atoms with Gasteiger partial charge in [-0.25, -0.2) is 4.98 Å². The Bertz CT molecular complexity index is 415. The van der Waals surface area contributed by atoms with Gasteiger partial charge < -0.3 is 5.73 Å². The van der Waals surface area contributed by atoms with Gasteiger partial charge in [-0.2, -0.15) is 0 Å². The Morgan fingerprint density at radius 3 is 2.31 bits per heavy atom. The quantitative estimate of drug-likeness (QED) is 0.909. The molecular formula is C11H14Cl2N2S. The summed E-state index contributed by atoms with van der Waals surface area (Å²) in [5, 5.41) is 1.04. The van der Waals surface area contributed by atoms with Crippen molar-refractivity contribution in [2.75, 3.05) is 0 Å². The standard InChI is InChI=1S/C11H12N2S.2ClH/c1-8(12)10-7-13-11(14-10)9-5-3-2-4-6-9;;/h2-8H,12H2,1H3;2*1H. The summed E-state index contributed by atoms with van der Waals surface area (Å²) in [6, 6.07) is 10.2. The van der Waals surface area contributed by atoms with Gasteiger partial charge in [0.15, 0.2) is 0 Å². The topological polar surface area (TPSA) is 38.9 Å². The van der Waals surface area contributed by atoms with Crippen LogP contribution in [0.3, 0.4) is 0 Å². The Balaban J connectivity index is 0.00000112. The molecule has 1 aromatic carbocycles. The van der Waals surface area contributed by atoms with Crippen LogP contribution in [0.2, 0.25) is 0 Å². The zero-order valence-corrected chi connectivity index (χ0v) is 11.2. The first kappa shape index (κ1) is 15.4. The van der Waals surface area contributed by atoms with Crippen LogP contribution in [0.25, 0.3) is 10.6 Å². The van der Waals surface area contributed by atoms with Gasteiger partial charge in [0.25, 0.3) is 0 Å². The highest BCUT2D eigenvalue weighted by Crippen LogP contribution is 2.27. The fourth-order valence-corrected chi connectivity index (χ4v) is 2.09. The maximum absolute atomic E-state index is 5.78. The molecule has 0 aliphatic heterocycles. The molecule has 2 nitrogen and oxygen atoms in total. The molecule has 2 rings (SSSR count). The molecule has 0 spiro atoms. The molecule has 88 valence electrons. The Kier molecular flexibility index (Phi) is 6.60. The first-order valence-corrected chi connectivity index (χ1v) is 5.36. The van der Waals surface area contributed by atoms with Gasteiger partial charge in [0.1, 0.15) is 5.01 Å². The van der Waals surface area contributed by atoms with Crippen LogP contribution in [0.15, 0.2) is 36.5 Å². The van der Waals surface area contributed by atoms with E-state index < -0.39 is 0 Å². The number of aromatic nitrogens is 1. The zero-order valence-electron chi connectivity index (χ0n) is 8.79. The van der Waals surface area contributed by atoms with Crippen molar-refractivity contribution in [1.29, 1.82) is 0 Å². The van der Waals surface area contributed by atoms with Gasteiger partial charge in [0.05, 0.1) is 0 Å². The third-order valence-electron chi connectivity index (χ3n) is 1.99. The smallest absolute Gasteiger partial charge is 0.123 e. The fourth-order valence-electron chi connectivity index (χ4n) is 1.21. The summed E-state index contributed by atoms with van der Waals surface area (Å²) in [6.07, 6.45) is 1.86. The first-order valence-electron chi connectivity index (χ1n) is 4.54. The lowest BCUT2D eigenvalue weighted by Gasteiger charge is -1.97. The number of nitrogens with two attached hydrogens (primary N) is 1. The minimum atomic E-state index is 0. The first-order chi connectivity index (χ1) is 6.77. The van der Waals surface area contributed by atoms with E-state index in [1.807, 2.05) is 31.3 Å². The highest BCUT2D eigenvalue weighted by atomic mass is 35.5. The van der Waals surface area contributed by atoms with Crippen LogP contribution < -0.4 is 5.73 Å². The molecule has 0 saturated heterocycles. The highest BCUT2D eigenvalue weighted by molar-refractivity contribution is 7.15. The van der Waals surface area contributed by atoms with Gasteiger partial charge in [0.2, 0.25) is 0 Å². The molecule has 1 heterocycles. The second kappa shape index (κ2) is 6.86. The molecule has 1 unspecified atom stereocenters. The van der Waals surface area contributed by atoms with Crippen molar-refractivity contribution in [3.63, 3.8) is 0 Å². The van der Waals surface area contributed by atoms with Crippen molar-refractivity contribution in [2.24, 2.45) is 5.73 Å². The predicted octanol–water partition coefficient (Wildman–Crippen LogP) is 3.67. The van der Waals surface area contributed by atoms with Crippen LogP contribution in [-0.2, 0) is 0 Å². The Labute approximate surface area is 112 Å². The average Bonchev–Trinajstić information content (AvgIpc) is 2.68. The predicted molar refractivity (Wildman–Crippen MR) is 74.6 cm³/mol. The monoisotopic (exact) mass is 276 g/mol. The third-order valence-corrected chi connectivity index (χ3v) is 3.24. The van der Waals surface area contributed by atoms with E-state index in [0.29, 0.717) is 0 Å². The van der Waals surface area contributed by atoms with E-state index >= 15 is 0 Å². The molecule has 1 atom stereocenters. The van der Waals surface area contributed by atoms with Gasteiger partial charge >= 0.3 is 0 Å². The molecule has 2 N–H and O–H groups in total. The summed E-state index contributed by atoms with van der Waals surface area (Å²) < 4.78 is 0. The van der Waals surface area contributed by atoms with E-state index in [1.165, 1.54) is 0 Å². The van der Waals surface area contributed by atoms with Crippen LogP contribution >= 0.6 is 36.2 Å². The van der Waals surface area contributed by atoms with Gasteiger partial charge in [-0.05, 0) is 6.92 Å². The summed E-state index contributed by atoms with van der Waals surface area (Å²) in [5.41, 5.74) is 6.93. The molecule has 0 aliphatic carbocycles. The van der Waals surface area contributed by atoms with Crippen LogP contribution in [0.1, 0.15) is 17.8 Å². The largest absolute Gasteiger partial charge is 0.323 e. The molecule has 0 aliphatic rings. The van der Waals surface area contributed by atoms with Crippen LogP contribution in [-0.4, -0.2) is 4.98 Å². The summed E-state index contributed by atoms with van der Waals surface area (Å²) in [5.74, 6) is 0. The summed E-state index contributed by atoms with van der Waals surface area (Å²) >= 11 is 1.66. The van der Waals surface area contributed by atoms with Crippen LogP contribution in [0.4, 0.5) is 0 Å². The lowest BCUT2D eigenvalue weighted by atomic mass is 10.2. The molecule has 5 heteroatoms. The summed E-state index contributed by atoms with van der Waals surface area (Å²) in [4.78, 5) is 5.47. The second-order valence-corrected chi connectivity index (χ2v) is 4.28. The number of hydrogen-bond donors (Lipinski definition) is 1. The third kappa shape index (κ3) is 3.46. The molecule has 2 aromatic rings. The molecule has 0 fully saturated rings. The Hall–Kier alpha value is -0.610. The van der Waals surface area contributed by atoms with Gasteiger partial charge in [-0.1, -0.05) is 30.3 Å².